The minimum absolute atomic E-state index is 0.0555. The maximum Gasteiger partial charge on any atom is 0.411 e. The summed E-state index contributed by atoms with van der Waals surface area (Å²) in [5.74, 6) is -0.0555. The number of ether oxygens (including phenoxy) is 1. The molecule has 1 saturated carbocycles. The molecule has 0 spiro atoms. The number of β-amino-alcohol motifs (C(OH)–C–C–N with tert-alkyl or cyclic N) is 1. The first-order chi connectivity index (χ1) is 11.7. The molecule has 3 fully saturated rings. The summed E-state index contributed by atoms with van der Waals surface area (Å²) in [6, 6.07) is 0.0962. The van der Waals surface area contributed by atoms with Crippen LogP contribution in [0.3, 0.4) is 0 Å². The number of hydrogen-bond donors (Lipinski definition) is 1. The second kappa shape index (κ2) is 7.11. The Labute approximate surface area is 149 Å². The summed E-state index contributed by atoms with van der Waals surface area (Å²) in [6.07, 6.45) is 2.61. The van der Waals surface area contributed by atoms with Gasteiger partial charge >= 0.3 is 6.09 Å². The molecule has 0 bridgehead atoms. The number of nitrogens with zero attached hydrogens (tertiary/aromatic N) is 3. The molecule has 142 valence electrons. The fraction of sp³-hybridized carbons (Fsp3) is 0.889. The Hall–Kier alpha value is -1.34. The summed E-state index contributed by atoms with van der Waals surface area (Å²) in [5.41, 5.74) is -0.619. The van der Waals surface area contributed by atoms with Gasteiger partial charge < -0.3 is 14.7 Å². The van der Waals surface area contributed by atoms with Crippen LogP contribution in [-0.4, -0.2) is 88.3 Å². The minimum Gasteiger partial charge on any atom is -0.444 e. The fourth-order valence-corrected chi connectivity index (χ4v) is 3.74. The number of aliphatic hydroxyl groups is 1. The standard InChI is InChI=1S/C18H31N3O4/c1-18(2,3)25-17(24)21-12-14(22)11-15(21)16(23)20-8-4-7-19(9-10-20)13-5-6-13/h13-15,22H,4-12H2,1-3H3/t14-,15-/m1/s1. The van der Waals surface area contributed by atoms with Crippen molar-refractivity contribution in [2.24, 2.45) is 0 Å². The number of carbonyl (C=O) groups is 2. The number of rotatable bonds is 2. The van der Waals surface area contributed by atoms with Crippen molar-refractivity contribution >= 4 is 12.0 Å². The van der Waals surface area contributed by atoms with Crippen molar-refractivity contribution in [3.63, 3.8) is 0 Å². The lowest BCUT2D eigenvalue weighted by atomic mass is 10.1. The first-order valence-electron chi connectivity index (χ1n) is 9.45. The highest BCUT2D eigenvalue weighted by atomic mass is 16.6. The summed E-state index contributed by atoms with van der Waals surface area (Å²) in [6.45, 7) is 8.92. The van der Waals surface area contributed by atoms with E-state index in [0.29, 0.717) is 19.0 Å². The predicted molar refractivity (Wildman–Crippen MR) is 93.1 cm³/mol. The fourth-order valence-electron chi connectivity index (χ4n) is 3.74. The average Bonchev–Trinajstić information content (AvgIpc) is 3.29. The van der Waals surface area contributed by atoms with Crippen LogP contribution in [0.4, 0.5) is 4.79 Å². The van der Waals surface area contributed by atoms with E-state index in [-0.39, 0.29) is 12.5 Å². The van der Waals surface area contributed by atoms with Gasteiger partial charge in [0, 0.05) is 38.6 Å². The van der Waals surface area contributed by atoms with E-state index in [0.717, 1.165) is 26.1 Å². The molecule has 2 saturated heterocycles. The Morgan fingerprint density at radius 2 is 1.80 bits per heavy atom. The molecule has 0 aromatic heterocycles. The molecule has 3 rings (SSSR count). The van der Waals surface area contributed by atoms with E-state index < -0.39 is 23.8 Å². The van der Waals surface area contributed by atoms with Gasteiger partial charge in [-0.05, 0) is 40.0 Å². The monoisotopic (exact) mass is 353 g/mol. The molecule has 7 nitrogen and oxygen atoms in total. The molecule has 0 unspecified atom stereocenters. The zero-order valence-electron chi connectivity index (χ0n) is 15.6. The molecule has 2 amide bonds. The zero-order valence-corrected chi connectivity index (χ0v) is 15.6. The van der Waals surface area contributed by atoms with Crippen molar-refractivity contribution in [3.05, 3.63) is 0 Å². The third kappa shape index (κ3) is 4.64. The van der Waals surface area contributed by atoms with Gasteiger partial charge in [0.1, 0.15) is 11.6 Å². The molecule has 2 aliphatic heterocycles. The van der Waals surface area contributed by atoms with E-state index in [1.165, 1.54) is 17.7 Å². The second-order valence-electron chi connectivity index (χ2n) is 8.48. The Bertz CT molecular complexity index is 515. The highest BCUT2D eigenvalue weighted by Gasteiger charge is 2.43. The molecule has 7 heteroatoms. The van der Waals surface area contributed by atoms with E-state index >= 15 is 0 Å². The van der Waals surface area contributed by atoms with E-state index in [9.17, 15) is 14.7 Å². The van der Waals surface area contributed by atoms with Crippen molar-refractivity contribution in [1.29, 1.82) is 0 Å². The summed E-state index contributed by atoms with van der Waals surface area (Å²) in [5, 5.41) is 10.0. The number of carbonyl (C=O) groups excluding carboxylic acids is 2. The van der Waals surface area contributed by atoms with Crippen LogP contribution in [0.5, 0.6) is 0 Å². The molecule has 0 aromatic carbocycles. The summed E-state index contributed by atoms with van der Waals surface area (Å²) in [4.78, 5) is 31.2. The first kappa shape index (κ1) is 18.5. The zero-order chi connectivity index (χ0) is 18.2. The summed E-state index contributed by atoms with van der Waals surface area (Å²) >= 11 is 0. The lowest BCUT2D eigenvalue weighted by Gasteiger charge is -2.31. The van der Waals surface area contributed by atoms with Crippen LogP contribution < -0.4 is 0 Å². The van der Waals surface area contributed by atoms with Crippen LogP contribution in [0.1, 0.15) is 46.5 Å². The maximum absolute atomic E-state index is 13.0. The van der Waals surface area contributed by atoms with Crippen molar-refractivity contribution in [2.45, 2.75) is 70.2 Å². The molecule has 2 atom stereocenters. The van der Waals surface area contributed by atoms with Crippen LogP contribution in [0, 0.1) is 0 Å². The molecular formula is C18H31N3O4. The summed E-state index contributed by atoms with van der Waals surface area (Å²) < 4.78 is 5.42. The van der Waals surface area contributed by atoms with Crippen LogP contribution in [0.2, 0.25) is 0 Å². The van der Waals surface area contributed by atoms with Gasteiger partial charge in [-0.15, -0.1) is 0 Å². The van der Waals surface area contributed by atoms with Gasteiger partial charge in [-0.3, -0.25) is 14.6 Å². The van der Waals surface area contributed by atoms with Crippen LogP contribution in [0.25, 0.3) is 0 Å². The van der Waals surface area contributed by atoms with Gasteiger partial charge in [0.2, 0.25) is 5.91 Å². The number of likely N-dealkylation sites (tertiary alicyclic amines) is 1. The Balaban J connectivity index is 1.63. The van der Waals surface area contributed by atoms with Gasteiger partial charge in [-0.25, -0.2) is 4.79 Å². The molecular weight excluding hydrogens is 322 g/mol. The molecule has 1 aliphatic carbocycles. The van der Waals surface area contributed by atoms with Gasteiger partial charge in [0.15, 0.2) is 0 Å². The van der Waals surface area contributed by atoms with E-state index in [2.05, 4.69) is 4.90 Å². The second-order valence-corrected chi connectivity index (χ2v) is 8.48. The van der Waals surface area contributed by atoms with Crippen LogP contribution >= 0.6 is 0 Å². The topological polar surface area (TPSA) is 73.3 Å². The third-order valence-corrected chi connectivity index (χ3v) is 5.10. The molecule has 0 aromatic rings. The number of aliphatic hydroxyl groups excluding tert-OH is 1. The summed E-state index contributed by atoms with van der Waals surface area (Å²) in [7, 11) is 0. The highest BCUT2D eigenvalue weighted by molar-refractivity contribution is 5.86. The van der Waals surface area contributed by atoms with Gasteiger partial charge in [-0.2, -0.15) is 0 Å². The van der Waals surface area contributed by atoms with Crippen molar-refractivity contribution in [2.75, 3.05) is 32.7 Å². The van der Waals surface area contributed by atoms with Crippen molar-refractivity contribution in [1.82, 2.24) is 14.7 Å². The van der Waals surface area contributed by atoms with Crippen molar-refractivity contribution in [3.8, 4) is 0 Å². The SMILES string of the molecule is CC(C)(C)OC(=O)N1C[C@H](O)C[C@@H]1C(=O)N1CCCN(C2CC2)CC1. The van der Waals surface area contributed by atoms with E-state index in [4.69, 9.17) is 4.74 Å². The Morgan fingerprint density at radius 1 is 1.08 bits per heavy atom. The number of hydrogen-bond acceptors (Lipinski definition) is 5. The molecule has 1 N–H and O–H groups in total. The average molecular weight is 353 g/mol. The molecule has 25 heavy (non-hydrogen) atoms. The first-order valence-corrected chi connectivity index (χ1v) is 9.45. The van der Waals surface area contributed by atoms with Crippen LogP contribution in [-0.2, 0) is 9.53 Å². The van der Waals surface area contributed by atoms with Gasteiger partial charge in [-0.1, -0.05) is 0 Å². The largest absolute Gasteiger partial charge is 0.444 e. The molecule has 0 radical (unpaired) electrons. The normalized spacial score (nSPS) is 28.8. The van der Waals surface area contributed by atoms with Gasteiger partial charge in [0.05, 0.1) is 12.6 Å². The van der Waals surface area contributed by atoms with E-state index in [1.54, 1.807) is 20.8 Å². The number of amides is 2. The molecule has 2 heterocycles. The van der Waals surface area contributed by atoms with Crippen molar-refractivity contribution < 1.29 is 19.4 Å². The maximum atomic E-state index is 13.0. The predicted octanol–water partition coefficient (Wildman–Crippen LogP) is 1.05. The lowest BCUT2D eigenvalue weighted by molar-refractivity contribution is -0.135. The van der Waals surface area contributed by atoms with Gasteiger partial charge in [0.25, 0.3) is 0 Å². The highest BCUT2D eigenvalue weighted by Crippen LogP contribution is 2.28. The quantitative estimate of drug-likeness (QED) is 0.803. The van der Waals surface area contributed by atoms with E-state index in [1.807, 2.05) is 4.90 Å². The molecule has 3 aliphatic rings. The minimum atomic E-state index is -0.670. The van der Waals surface area contributed by atoms with Crippen LogP contribution in [0.15, 0.2) is 0 Å². The lowest BCUT2D eigenvalue weighted by Crippen LogP contribution is -2.49. The smallest absolute Gasteiger partial charge is 0.411 e. The Kier molecular flexibility index (Phi) is 5.25. The Morgan fingerprint density at radius 3 is 2.44 bits per heavy atom. The third-order valence-electron chi connectivity index (χ3n) is 5.10.